The van der Waals surface area contributed by atoms with Gasteiger partial charge in [-0.05, 0) is 251 Å². The molecule has 4 nitrogen and oxygen atoms in total. The highest BCUT2D eigenvalue weighted by atomic mass is 32.1. The van der Waals surface area contributed by atoms with Crippen molar-refractivity contribution < 1.29 is 4.39 Å². The Balaban J connectivity index is 0.000000153. The Kier molecular flexibility index (Phi) is 21.6. The fraction of sp³-hybridized carbons (Fsp3) is 0.0709. The summed E-state index contributed by atoms with van der Waals surface area (Å²) in [5.74, 6) is -0.288. The molecule has 0 unspecified atom stereocenters. The van der Waals surface area contributed by atoms with Crippen LogP contribution >= 0.6 is 22.7 Å². The number of hydrogen-bond acceptors (Lipinski definition) is 6. The number of benzene rings is 21. The molecule has 23 aromatic rings. The number of anilines is 12. The van der Waals surface area contributed by atoms with Crippen molar-refractivity contribution in [3.8, 4) is 55.6 Å². The van der Waals surface area contributed by atoms with Crippen LogP contribution in [-0.4, -0.2) is 16.1 Å². The number of thiophene rings is 2. The fourth-order valence-corrected chi connectivity index (χ4v) is 25.6. The minimum Gasteiger partial charge on any atom is -0.311 e. The molecule has 0 saturated heterocycles. The van der Waals surface area contributed by atoms with Gasteiger partial charge in [-0.3, -0.25) is 0 Å². The van der Waals surface area contributed by atoms with E-state index in [1.165, 1.54) is 139 Å². The molecule has 9 heteroatoms. The minimum absolute atomic E-state index is 0.0882. The van der Waals surface area contributed by atoms with E-state index < -0.39 is 16.1 Å². The zero-order chi connectivity index (χ0) is 92.1. The maximum absolute atomic E-state index is 17.3. The van der Waals surface area contributed by atoms with Gasteiger partial charge in [-0.15, -0.1) is 22.7 Å². The molecule has 0 saturated carbocycles. The van der Waals surface area contributed by atoms with Crippen LogP contribution in [0.25, 0.3) is 139 Å². The van der Waals surface area contributed by atoms with Crippen LogP contribution in [0.4, 0.5) is 72.6 Å². The molecule has 0 bridgehead atoms. The van der Waals surface area contributed by atoms with Gasteiger partial charge in [0.15, 0.2) is 0 Å². The van der Waals surface area contributed by atoms with Gasteiger partial charge < -0.3 is 19.6 Å². The summed E-state index contributed by atoms with van der Waals surface area (Å²) in [5.41, 5.74) is 26.3. The number of halogens is 1. The third kappa shape index (κ3) is 15.4. The van der Waals surface area contributed by atoms with Crippen molar-refractivity contribution in [3.63, 3.8) is 0 Å². The third-order valence-electron chi connectivity index (χ3n) is 27.6. The first-order chi connectivity index (χ1) is 66.4. The van der Waals surface area contributed by atoms with Gasteiger partial charge in [0.25, 0.3) is 0 Å². The number of fused-ring (bicyclic) bond motifs is 19. The first-order valence-corrected chi connectivity index (χ1v) is 55.6. The first kappa shape index (κ1) is 84.9. The number of hydrogen-bond donors (Lipinski definition) is 0. The zero-order valence-corrected chi connectivity index (χ0v) is 80.9. The lowest BCUT2D eigenvalue weighted by Crippen LogP contribution is -2.37. The molecule has 0 fully saturated rings. The molecule has 1 aliphatic rings. The molecule has 0 spiro atoms. The second-order valence-electron chi connectivity index (χ2n) is 38.4. The lowest BCUT2D eigenvalue weighted by atomic mass is 9.82. The van der Waals surface area contributed by atoms with E-state index in [9.17, 15) is 0 Å². The Morgan fingerprint density at radius 2 is 0.529 bits per heavy atom. The van der Waals surface area contributed by atoms with Crippen LogP contribution in [0.5, 0.6) is 0 Å². The van der Waals surface area contributed by atoms with E-state index in [2.05, 4.69) is 455 Å². The van der Waals surface area contributed by atoms with Crippen molar-refractivity contribution in [2.24, 2.45) is 0 Å². The van der Waals surface area contributed by atoms with Crippen LogP contribution in [0.15, 0.2) is 455 Å². The van der Waals surface area contributed by atoms with Gasteiger partial charge in [-0.2, -0.15) is 0 Å². The molecular formula is C127H99FN4S2Si2. The van der Waals surface area contributed by atoms with Crippen molar-refractivity contribution in [1.29, 1.82) is 0 Å². The average molecular weight is 1820 g/mol. The second kappa shape index (κ2) is 34.6. The normalized spacial score (nSPS) is 12.4. The monoisotopic (exact) mass is 1820 g/mol. The Hall–Kier alpha value is -15.3. The minimum atomic E-state index is -1.44. The van der Waals surface area contributed by atoms with Crippen molar-refractivity contribution in [3.05, 3.63) is 472 Å². The van der Waals surface area contributed by atoms with Crippen molar-refractivity contribution in [2.75, 3.05) is 19.6 Å². The van der Waals surface area contributed by atoms with E-state index in [1.54, 1.807) is 6.07 Å². The molecule has 24 rings (SSSR count). The summed E-state index contributed by atoms with van der Waals surface area (Å²) in [6.07, 6.45) is 0. The van der Waals surface area contributed by atoms with Crippen LogP contribution in [0.1, 0.15) is 25.0 Å². The third-order valence-corrected chi connectivity index (χ3v) is 34.1. The molecule has 21 aromatic carbocycles. The molecule has 654 valence electrons. The lowest BCUT2D eigenvalue weighted by molar-refractivity contribution is 0.630. The molecule has 1 aliphatic carbocycles. The van der Waals surface area contributed by atoms with Crippen LogP contribution in [0.2, 0.25) is 39.3 Å². The average Bonchev–Trinajstić information content (AvgIpc) is 1.57. The Labute approximate surface area is 804 Å². The van der Waals surface area contributed by atoms with E-state index in [1.807, 2.05) is 89.4 Å². The largest absolute Gasteiger partial charge is 0.311 e. The van der Waals surface area contributed by atoms with E-state index in [4.69, 9.17) is 0 Å². The predicted octanol–water partition coefficient (Wildman–Crippen LogP) is 36.8. The molecule has 2 aromatic heterocycles. The Bertz CT molecular complexity index is 8490. The zero-order valence-electron chi connectivity index (χ0n) is 77.3. The molecule has 136 heavy (non-hydrogen) atoms. The smallest absolute Gasteiger partial charge is 0.148 e. The number of nitrogens with zero attached hydrogens (tertiary/aromatic N) is 4. The van der Waals surface area contributed by atoms with Crippen LogP contribution in [0, 0.1) is 5.82 Å². The summed E-state index contributed by atoms with van der Waals surface area (Å²) in [7, 11) is -2.86. The van der Waals surface area contributed by atoms with Gasteiger partial charge in [0.05, 0.1) is 21.8 Å². The first-order valence-electron chi connectivity index (χ1n) is 47.0. The van der Waals surface area contributed by atoms with E-state index >= 15 is 4.39 Å². The van der Waals surface area contributed by atoms with Gasteiger partial charge in [0.1, 0.15) is 5.82 Å². The van der Waals surface area contributed by atoms with Gasteiger partial charge in [0.2, 0.25) is 0 Å². The summed E-state index contributed by atoms with van der Waals surface area (Å²) < 4.78 is 22.3. The second-order valence-corrected chi connectivity index (χ2v) is 50.7. The maximum atomic E-state index is 17.3. The summed E-state index contributed by atoms with van der Waals surface area (Å²) in [6.45, 7) is 19.1. The summed E-state index contributed by atoms with van der Waals surface area (Å²) in [4.78, 5) is 9.22. The topological polar surface area (TPSA) is 13.0 Å². The van der Waals surface area contributed by atoms with Crippen LogP contribution in [0.3, 0.4) is 0 Å². The molecule has 0 atom stereocenters. The van der Waals surface area contributed by atoms with Gasteiger partial charge in [0, 0.05) is 125 Å². The van der Waals surface area contributed by atoms with E-state index in [-0.39, 0.29) is 11.2 Å². The fourth-order valence-electron chi connectivity index (χ4n) is 20.7. The van der Waals surface area contributed by atoms with Gasteiger partial charge in [-0.25, -0.2) is 4.39 Å². The highest BCUT2D eigenvalue weighted by molar-refractivity contribution is 7.27. The SMILES string of the molecule is CC1(C)c2ccccc2-c2ccc(N(c3ccccc3)c3ccc4c(c3)sc3c5ccc(-c6ccc(N(c7ccccc7)c7ccc([Si](C)(C)C)cc7)cc6)cc5c5ccccc5c43)cc21.C[Si](C)(C)c1ccc(N(c2ccccc2)c2ccc(-c3ccc4c(c3)c3ccccc3c3c5ccc(N(c6ccccc6)c6c(F)cc(-c7ccccc7)cc6-c6ccccc6)cc5sc43)cc2)cc1. The number of para-hydroxylation sites is 4. The van der Waals surface area contributed by atoms with Gasteiger partial charge >= 0.3 is 0 Å². The highest BCUT2D eigenvalue weighted by Gasteiger charge is 2.37. The number of rotatable bonds is 18. The molecule has 0 N–H and O–H groups in total. The summed E-state index contributed by atoms with van der Waals surface area (Å²) >= 11 is 3.73. The standard InChI is InChI=1S/C65H49FN2SSi.C62H50N2SSi/c1-70(2,3)54-36-33-52(34-37-54)67(49-22-12-6-13-23-49)51-31-28-45(29-32-51)47-30-38-57-60(40-47)55-26-16-17-27-56(55)63-58-39-35-53(43-62(58)69-65(57)63)68(50-24-14-7-15-25-50)64-59(46-20-10-5-11-21-46)41-48(42-61(64)66)44-18-8-4-9-19-44;1-62(2)57-23-15-14-21-51(57)52-36-31-47(39-58(52)62)64(44-18-10-7-11-19-44)48-32-37-55-59(40-48)65-61-54-35-26-42(38-56(54)50-20-12-13-22-53(50)60(55)61)41-24-27-45(28-25-41)63(43-16-8-6-9-17-43)46-29-33-49(34-30-46)66(3,4)5/h4-43H,1-3H3;6-40H,1-5H3. The molecular weight excluding hydrogens is 1720 g/mol. The molecule has 0 radical (unpaired) electrons. The van der Waals surface area contributed by atoms with Crippen LogP contribution < -0.4 is 30.0 Å². The molecule has 0 amide bonds. The Morgan fingerprint density at radius 3 is 0.971 bits per heavy atom. The predicted molar refractivity (Wildman–Crippen MR) is 593 cm³/mol. The van der Waals surface area contributed by atoms with Crippen molar-refractivity contribution >= 4 is 201 Å². The van der Waals surface area contributed by atoms with Crippen LogP contribution in [-0.2, 0) is 5.41 Å². The summed E-state index contributed by atoms with van der Waals surface area (Å²) in [5, 5.41) is 18.1. The van der Waals surface area contributed by atoms with Gasteiger partial charge in [-0.1, -0.05) is 361 Å². The van der Waals surface area contributed by atoms with Crippen molar-refractivity contribution in [1.82, 2.24) is 0 Å². The lowest BCUT2D eigenvalue weighted by Gasteiger charge is -2.29. The quantitative estimate of drug-likeness (QED) is 0.0627. The van der Waals surface area contributed by atoms with E-state index in [0.29, 0.717) is 5.69 Å². The Morgan fingerprint density at radius 1 is 0.213 bits per heavy atom. The van der Waals surface area contributed by atoms with Crippen molar-refractivity contribution in [2.45, 2.75) is 58.5 Å². The molecule has 2 heterocycles. The maximum Gasteiger partial charge on any atom is 0.148 e. The highest BCUT2D eigenvalue weighted by Crippen LogP contribution is 2.55. The summed E-state index contributed by atoms with van der Waals surface area (Å²) in [6, 6.07) is 164. The molecule has 0 aliphatic heterocycles. The van der Waals surface area contributed by atoms with E-state index in [0.717, 1.165) is 83.7 Å².